The lowest BCUT2D eigenvalue weighted by Gasteiger charge is -2.33. The van der Waals surface area contributed by atoms with E-state index in [1.165, 1.54) is 14.7 Å². The highest BCUT2D eigenvalue weighted by Gasteiger charge is 2.46. The molecule has 0 unspecified atom stereocenters. The van der Waals surface area contributed by atoms with Gasteiger partial charge in [-0.05, 0) is 43.7 Å². The molecule has 2 atom stereocenters. The molecule has 0 saturated heterocycles. The number of nitrogens with zero attached hydrogens (tertiary/aromatic N) is 3. The largest absolute Gasteiger partial charge is 0.467 e. The van der Waals surface area contributed by atoms with Crippen molar-refractivity contribution in [2.75, 3.05) is 20.1 Å². The number of nitrogens with one attached hydrogen (secondary N) is 1. The number of likely N-dealkylation sites (N-methyl/N-ethyl adjacent to an activating group) is 2. The first kappa shape index (κ1) is 23.2. The molecule has 2 aliphatic rings. The molecule has 2 aliphatic heterocycles. The van der Waals surface area contributed by atoms with Crippen molar-refractivity contribution in [1.82, 2.24) is 20.0 Å². The van der Waals surface area contributed by atoms with Crippen molar-refractivity contribution in [1.29, 1.82) is 0 Å². The van der Waals surface area contributed by atoms with Gasteiger partial charge in [-0.15, -0.1) is 0 Å². The minimum Gasteiger partial charge on any atom is -0.467 e. The lowest BCUT2D eigenvalue weighted by Crippen LogP contribution is -2.47. The monoisotopic (exact) mass is 490 g/mol. The smallest absolute Gasteiger partial charge is 0.322 e. The second-order valence-corrected chi connectivity index (χ2v) is 8.88. The Morgan fingerprint density at radius 2 is 2.06 bits per heavy atom. The van der Waals surface area contributed by atoms with Crippen LogP contribution in [0.4, 0.5) is 4.79 Å². The molecule has 8 nitrogen and oxygen atoms in total. The van der Waals surface area contributed by atoms with Gasteiger partial charge in [-0.25, -0.2) is 4.79 Å². The molecular weight excluding hydrogens is 467 g/mol. The second-order valence-electron chi connectivity index (χ2n) is 8.04. The Hall–Kier alpha value is -2.97. The van der Waals surface area contributed by atoms with Crippen LogP contribution in [0.15, 0.2) is 52.3 Å². The highest BCUT2D eigenvalue weighted by atomic mass is 35.5. The number of amides is 4. The van der Waals surface area contributed by atoms with Gasteiger partial charge in [0.2, 0.25) is 5.91 Å². The van der Waals surface area contributed by atoms with E-state index in [1.807, 2.05) is 6.92 Å². The maximum absolute atomic E-state index is 13.6. The van der Waals surface area contributed by atoms with Crippen LogP contribution in [-0.4, -0.2) is 58.7 Å². The van der Waals surface area contributed by atoms with E-state index in [9.17, 15) is 14.4 Å². The van der Waals surface area contributed by atoms with Gasteiger partial charge in [0.25, 0.3) is 5.91 Å². The highest BCUT2D eigenvalue weighted by molar-refractivity contribution is 6.35. The number of rotatable bonds is 6. The van der Waals surface area contributed by atoms with Crippen molar-refractivity contribution >= 4 is 41.0 Å². The van der Waals surface area contributed by atoms with E-state index in [4.69, 9.17) is 27.6 Å². The van der Waals surface area contributed by atoms with E-state index in [0.717, 1.165) is 0 Å². The number of furan rings is 1. The van der Waals surface area contributed by atoms with Crippen LogP contribution in [0.2, 0.25) is 10.0 Å². The van der Waals surface area contributed by atoms with Crippen molar-refractivity contribution in [3.05, 3.63) is 69.2 Å². The molecule has 4 amide bonds. The fraction of sp³-hybridized carbons (Fsp3) is 0.348. The van der Waals surface area contributed by atoms with Crippen LogP contribution in [0.1, 0.15) is 31.2 Å². The number of carbonyl (C=O) groups is 3. The molecule has 174 valence electrons. The third-order valence-electron chi connectivity index (χ3n) is 6.01. The first-order chi connectivity index (χ1) is 15.7. The van der Waals surface area contributed by atoms with E-state index < -0.39 is 12.1 Å². The van der Waals surface area contributed by atoms with Crippen LogP contribution in [0.5, 0.6) is 0 Å². The number of halogens is 2. The maximum Gasteiger partial charge on any atom is 0.322 e. The van der Waals surface area contributed by atoms with E-state index in [1.54, 1.807) is 50.6 Å². The standard InChI is InChI=1S/C23H24Cl2N4O4/c1-4-28-18-12-29(13(2)21(30)27(3)11-15-6-5-9-33-15)22(31)19(18)20(26-23(28)32)16-8-7-14(24)10-17(16)25/h5-10,13,20H,4,11-12H2,1-3H3,(H,26,32)/t13-,20+/m1/s1. The molecule has 33 heavy (non-hydrogen) atoms. The zero-order valence-electron chi connectivity index (χ0n) is 18.5. The maximum atomic E-state index is 13.6. The first-order valence-electron chi connectivity index (χ1n) is 10.6. The Morgan fingerprint density at radius 1 is 1.30 bits per heavy atom. The highest BCUT2D eigenvalue weighted by Crippen LogP contribution is 2.39. The lowest BCUT2D eigenvalue weighted by atomic mass is 9.95. The molecular formula is C23H24Cl2N4O4. The Balaban J connectivity index is 1.63. The molecule has 0 radical (unpaired) electrons. The van der Waals surface area contributed by atoms with Gasteiger partial charge >= 0.3 is 6.03 Å². The first-order valence-corrected chi connectivity index (χ1v) is 11.3. The fourth-order valence-corrected chi connectivity index (χ4v) is 4.81. The summed E-state index contributed by atoms with van der Waals surface area (Å²) in [5.74, 6) is 0.0994. The molecule has 3 heterocycles. The molecule has 0 spiro atoms. The molecule has 1 N–H and O–H groups in total. The van der Waals surface area contributed by atoms with Crippen molar-refractivity contribution in [3.63, 3.8) is 0 Å². The normalized spacial score (nSPS) is 19.0. The molecule has 1 aromatic carbocycles. The van der Waals surface area contributed by atoms with Crippen molar-refractivity contribution < 1.29 is 18.8 Å². The minimum atomic E-state index is -0.738. The summed E-state index contributed by atoms with van der Waals surface area (Å²) in [4.78, 5) is 44.1. The van der Waals surface area contributed by atoms with Gasteiger partial charge in [0.15, 0.2) is 0 Å². The average Bonchev–Trinajstić information content (AvgIpc) is 3.40. The summed E-state index contributed by atoms with van der Waals surface area (Å²) in [6.45, 7) is 4.34. The zero-order valence-corrected chi connectivity index (χ0v) is 20.0. The van der Waals surface area contributed by atoms with Gasteiger partial charge < -0.3 is 19.5 Å². The predicted octanol–water partition coefficient (Wildman–Crippen LogP) is 3.82. The van der Waals surface area contributed by atoms with Gasteiger partial charge in [-0.3, -0.25) is 14.5 Å². The van der Waals surface area contributed by atoms with E-state index in [2.05, 4.69) is 5.32 Å². The quantitative estimate of drug-likeness (QED) is 0.666. The average molecular weight is 491 g/mol. The van der Waals surface area contributed by atoms with E-state index >= 15 is 0 Å². The Bertz CT molecular complexity index is 1130. The summed E-state index contributed by atoms with van der Waals surface area (Å²) in [7, 11) is 1.66. The molecule has 0 aliphatic carbocycles. The summed E-state index contributed by atoms with van der Waals surface area (Å²) >= 11 is 12.4. The summed E-state index contributed by atoms with van der Waals surface area (Å²) in [5, 5.41) is 3.68. The number of hydrogen-bond donors (Lipinski definition) is 1. The summed E-state index contributed by atoms with van der Waals surface area (Å²) in [6, 6.07) is 6.67. The number of urea groups is 1. The third kappa shape index (κ3) is 4.20. The third-order valence-corrected chi connectivity index (χ3v) is 6.58. The SMILES string of the molecule is CCN1C(=O)N[C@@H](c2ccc(Cl)cc2Cl)C2=C1CN([C@H](C)C(=O)N(C)Cc1ccco1)C2=O. The summed E-state index contributed by atoms with van der Waals surface area (Å²) in [6.07, 6.45) is 1.55. The number of hydrogen-bond acceptors (Lipinski definition) is 4. The van der Waals surface area contributed by atoms with Gasteiger partial charge in [0, 0.05) is 23.6 Å². The Morgan fingerprint density at radius 3 is 2.70 bits per heavy atom. The second kappa shape index (κ2) is 9.11. The number of benzene rings is 1. The molecule has 4 rings (SSSR count). The van der Waals surface area contributed by atoms with E-state index in [-0.39, 0.29) is 30.9 Å². The Labute approximate surface area is 201 Å². The topological polar surface area (TPSA) is 86.1 Å². The van der Waals surface area contributed by atoms with Gasteiger partial charge in [-0.2, -0.15) is 0 Å². The van der Waals surface area contributed by atoms with Crippen LogP contribution in [-0.2, 0) is 16.1 Å². The number of carbonyl (C=O) groups excluding carboxylic acids is 3. The lowest BCUT2D eigenvalue weighted by molar-refractivity contribution is -0.141. The summed E-state index contributed by atoms with van der Waals surface area (Å²) < 4.78 is 5.32. The van der Waals surface area contributed by atoms with Crippen LogP contribution in [0, 0.1) is 0 Å². The van der Waals surface area contributed by atoms with Gasteiger partial charge in [0.05, 0.1) is 36.7 Å². The molecule has 1 aromatic heterocycles. The fourth-order valence-electron chi connectivity index (χ4n) is 4.30. The van der Waals surface area contributed by atoms with Crippen molar-refractivity contribution in [2.24, 2.45) is 0 Å². The van der Waals surface area contributed by atoms with Gasteiger partial charge in [-0.1, -0.05) is 29.3 Å². The Kier molecular flexibility index (Phi) is 6.41. The van der Waals surface area contributed by atoms with Crippen molar-refractivity contribution in [3.8, 4) is 0 Å². The van der Waals surface area contributed by atoms with Gasteiger partial charge in [0.1, 0.15) is 11.8 Å². The molecule has 10 heteroatoms. The van der Waals surface area contributed by atoms with Crippen LogP contribution in [0.3, 0.4) is 0 Å². The van der Waals surface area contributed by atoms with Crippen LogP contribution in [0.25, 0.3) is 0 Å². The van der Waals surface area contributed by atoms with Crippen molar-refractivity contribution in [2.45, 2.75) is 32.5 Å². The molecule has 0 fully saturated rings. The zero-order chi connectivity index (χ0) is 23.9. The van der Waals surface area contributed by atoms with E-state index in [0.29, 0.717) is 39.2 Å². The van der Waals surface area contributed by atoms with Crippen LogP contribution < -0.4 is 5.32 Å². The van der Waals surface area contributed by atoms with Crippen LogP contribution >= 0.6 is 23.2 Å². The molecule has 0 saturated carbocycles. The summed E-state index contributed by atoms with van der Waals surface area (Å²) in [5.41, 5.74) is 1.56. The molecule has 0 bridgehead atoms. The molecule has 2 aromatic rings. The minimum absolute atomic E-state index is 0.151. The predicted molar refractivity (Wildman–Crippen MR) is 123 cm³/mol.